The smallest absolute Gasteiger partial charge is 0.321 e. The van der Waals surface area contributed by atoms with Gasteiger partial charge in [-0.15, -0.1) is 0 Å². The van der Waals surface area contributed by atoms with Crippen molar-refractivity contribution in [2.45, 2.75) is 12.5 Å². The number of anilines is 1. The zero-order chi connectivity index (χ0) is 10.6. The zero-order valence-electron chi connectivity index (χ0n) is 7.36. The summed E-state index contributed by atoms with van der Waals surface area (Å²) in [4.78, 5) is 24.2. The fraction of sp³-hybridized carbons (Fsp3) is 0.250. The van der Waals surface area contributed by atoms with E-state index in [1.807, 2.05) is 0 Å². The number of carboxylic acids is 1. The molecule has 76 valence electrons. The van der Waals surface area contributed by atoms with Crippen molar-refractivity contribution >= 4 is 17.7 Å². The molecule has 0 spiro atoms. The van der Waals surface area contributed by atoms with Gasteiger partial charge in [0.25, 0.3) is 0 Å². The van der Waals surface area contributed by atoms with Gasteiger partial charge in [-0.3, -0.25) is 9.59 Å². The Morgan fingerprint density at radius 1 is 1.64 bits per heavy atom. The number of hydrogen-bond donors (Lipinski definition) is 4. The number of amides is 1. The van der Waals surface area contributed by atoms with E-state index in [4.69, 9.17) is 10.8 Å². The molecular formula is C8H11N3O3. The van der Waals surface area contributed by atoms with Crippen molar-refractivity contribution in [1.82, 2.24) is 4.98 Å². The van der Waals surface area contributed by atoms with E-state index in [0.29, 0.717) is 5.82 Å². The molecule has 6 nitrogen and oxygen atoms in total. The summed E-state index contributed by atoms with van der Waals surface area (Å²) in [5.41, 5.74) is 5.18. The number of nitrogens with one attached hydrogen (secondary N) is 2. The molecule has 1 heterocycles. The molecule has 0 aliphatic carbocycles. The number of H-pyrrole nitrogens is 1. The van der Waals surface area contributed by atoms with Gasteiger partial charge in [-0.2, -0.15) is 0 Å². The Bertz CT molecular complexity index is 321. The third kappa shape index (κ3) is 2.91. The number of nitrogens with two attached hydrogens (primary N) is 1. The zero-order valence-corrected chi connectivity index (χ0v) is 7.36. The molecule has 0 aliphatic rings. The second kappa shape index (κ2) is 4.43. The van der Waals surface area contributed by atoms with Crippen LogP contribution in [0.4, 0.5) is 5.82 Å². The molecule has 0 fully saturated rings. The summed E-state index contributed by atoms with van der Waals surface area (Å²) >= 11 is 0. The number of carbonyl (C=O) groups is 2. The maximum atomic E-state index is 11.2. The van der Waals surface area contributed by atoms with Crippen molar-refractivity contribution in [3.8, 4) is 0 Å². The van der Waals surface area contributed by atoms with Crippen LogP contribution in [0.5, 0.6) is 0 Å². The van der Waals surface area contributed by atoms with E-state index in [-0.39, 0.29) is 6.42 Å². The molecule has 0 aliphatic heterocycles. The van der Waals surface area contributed by atoms with E-state index in [2.05, 4.69) is 10.3 Å². The lowest BCUT2D eigenvalue weighted by Crippen LogP contribution is -2.34. The molecule has 1 aromatic heterocycles. The van der Waals surface area contributed by atoms with E-state index < -0.39 is 17.9 Å². The first-order valence-corrected chi connectivity index (χ1v) is 4.01. The molecule has 1 aromatic rings. The highest BCUT2D eigenvalue weighted by Crippen LogP contribution is 2.02. The lowest BCUT2D eigenvalue weighted by atomic mass is 10.2. The number of hydrogen-bond acceptors (Lipinski definition) is 3. The van der Waals surface area contributed by atoms with Crippen LogP contribution in [0.25, 0.3) is 0 Å². The standard InChI is InChI=1S/C8H11N3O3/c9-5(8(13)14)4-7(12)11-6-2-1-3-10-6/h1-3,5,10H,4,9H2,(H,11,12)(H,13,14). The van der Waals surface area contributed by atoms with Crippen molar-refractivity contribution in [3.63, 3.8) is 0 Å². The van der Waals surface area contributed by atoms with Gasteiger partial charge in [-0.1, -0.05) is 0 Å². The van der Waals surface area contributed by atoms with Gasteiger partial charge >= 0.3 is 5.97 Å². The number of carboxylic acid groups (broad SMARTS) is 1. The van der Waals surface area contributed by atoms with Crippen LogP contribution in [-0.2, 0) is 9.59 Å². The van der Waals surface area contributed by atoms with E-state index >= 15 is 0 Å². The fourth-order valence-electron chi connectivity index (χ4n) is 0.896. The predicted molar refractivity (Wildman–Crippen MR) is 49.7 cm³/mol. The SMILES string of the molecule is NC(CC(=O)Nc1ccc[nH]1)C(=O)O. The van der Waals surface area contributed by atoms with E-state index in [9.17, 15) is 9.59 Å². The molecule has 1 rings (SSSR count). The molecule has 0 radical (unpaired) electrons. The first-order chi connectivity index (χ1) is 6.59. The largest absolute Gasteiger partial charge is 0.480 e. The highest BCUT2D eigenvalue weighted by molar-refractivity contribution is 5.93. The molecule has 6 heteroatoms. The molecule has 0 saturated heterocycles. The van der Waals surface area contributed by atoms with E-state index in [1.165, 1.54) is 0 Å². The van der Waals surface area contributed by atoms with E-state index in [1.54, 1.807) is 18.3 Å². The molecule has 1 amide bonds. The third-order valence-electron chi connectivity index (χ3n) is 1.59. The highest BCUT2D eigenvalue weighted by Gasteiger charge is 2.16. The van der Waals surface area contributed by atoms with Crippen LogP contribution >= 0.6 is 0 Å². The number of carbonyl (C=O) groups excluding carboxylic acids is 1. The Kier molecular flexibility index (Phi) is 3.24. The Morgan fingerprint density at radius 2 is 2.36 bits per heavy atom. The van der Waals surface area contributed by atoms with Gasteiger partial charge in [0.15, 0.2) is 0 Å². The molecular weight excluding hydrogens is 186 g/mol. The van der Waals surface area contributed by atoms with Crippen LogP contribution < -0.4 is 11.1 Å². The van der Waals surface area contributed by atoms with Crippen LogP contribution in [0.15, 0.2) is 18.3 Å². The van der Waals surface area contributed by atoms with Crippen LogP contribution in [0.1, 0.15) is 6.42 Å². The van der Waals surface area contributed by atoms with Gasteiger partial charge in [-0.05, 0) is 12.1 Å². The first-order valence-electron chi connectivity index (χ1n) is 4.01. The van der Waals surface area contributed by atoms with E-state index in [0.717, 1.165) is 0 Å². The van der Waals surface area contributed by atoms with Crippen LogP contribution in [0.3, 0.4) is 0 Å². The number of aliphatic carboxylic acids is 1. The summed E-state index contributed by atoms with van der Waals surface area (Å²) in [5.74, 6) is -1.10. The minimum Gasteiger partial charge on any atom is -0.480 e. The summed E-state index contributed by atoms with van der Waals surface area (Å²) in [5, 5.41) is 10.9. The molecule has 0 bridgehead atoms. The quantitative estimate of drug-likeness (QED) is 0.534. The Labute approximate surface area is 80.1 Å². The van der Waals surface area contributed by atoms with Gasteiger partial charge < -0.3 is 21.1 Å². The Hall–Kier alpha value is -1.82. The van der Waals surface area contributed by atoms with Crippen molar-refractivity contribution in [3.05, 3.63) is 18.3 Å². The summed E-state index contributed by atoms with van der Waals surface area (Å²) in [6, 6.07) is 2.21. The third-order valence-corrected chi connectivity index (χ3v) is 1.59. The molecule has 0 saturated carbocycles. The van der Waals surface area contributed by atoms with Gasteiger partial charge in [0.05, 0.1) is 6.42 Å². The summed E-state index contributed by atoms with van der Waals surface area (Å²) < 4.78 is 0. The summed E-state index contributed by atoms with van der Waals surface area (Å²) in [6.07, 6.45) is 1.40. The number of rotatable bonds is 4. The minimum atomic E-state index is -1.19. The highest BCUT2D eigenvalue weighted by atomic mass is 16.4. The molecule has 5 N–H and O–H groups in total. The fourth-order valence-corrected chi connectivity index (χ4v) is 0.896. The topological polar surface area (TPSA) is 108 Å². The average Bonchev–Trinajstić information content (AvgIpc) is 2.56. The van der Waals surface area contributed by atoms with Crippen LogP contribution in [0.2, 0.25) is 0 Å². The van der Waals surface area contributed by atoms with Crippen LogP contribution in [0, 0.1) is 0 Å². The molecule has 1 unspecified atom stereocenters. The van der Waals surface area contributed by atoms with Crippen molar-refractivity contribution < 1.29 is 14.7 Å². The van der Waals surface area contributed by atoms with Crippen molar-refractivity contribution in [2.24, 2.45) is 5.73 Å². The second-order valence-corrected chi connectivity index (χ2v) is 2.78. The second-order valence-electron chi connectivity index (χ2n) is 2.78. The van der Waals surface area contributed by atoms with Gasteiger partial charge in [0, 0.05) is 6.20 Å². The van der Waals surface area contributed by atoms with Gasteiger partial charge in [-0.25, -0.2) is 0 Å². The summed E-state index contributed by atoms with van der Waals surface area (Å²) in [7, 11) is 0. The lowest BCUT2D eigenvalue weighted by Gasteiger charge is -2.05. The van der Waals surface area contributed by atoms with Crippen LogP contribution in [-0.4, -0.2) is 28.0 Å². The van der Waals surface area contributed by atoms with Crippen molar-refractivity contribution in [2.75, 3.05) is 5.32 Å². The lowest BCUT2D eigenvalue weighted by molar-refractivity contribution is -0.140. The first kappa shape index (κ1) is 10.3. The van der Waals surface area contributed by atoms with Gasteiger partial charge in [0.2, 0.25) is 5.91 Å². The average molecular weight is 197 g/mol. The predicted octanol–water partition coefficient (Wildman–Crippen LogP) is -0.245. The molecule has 0 aromatic carbocycles. The van der Waals surface area contributed by atoms with Gasteiger partial charge in [0.1, 0.15) is 11.9 Å². The Balaban J connectivity index is 2.40. The maximum absolute atomic E-state index is 11.2. The van der Waals surface area contributed by atoms with Crippen molar-refractivity contribution in [1.29, 1.82) is 0 Å². The minimum absolute atomic E-state index is 0.242. The normalized spacial score (nSPS) is 12.1. The number of aromatic amines is 1. The Morgan fingerprint density at radius 3 is 2.86 bits per heavy atom. The monoisotopic (exact) mass is 197 g/mol. The molecule has 1 atom stereocenters. The number of aromatic nitrogens is 1. The summed E-state index contributed by atoms with van der Waals surface area (Å²) in [6.45, 7) is 0. The molecule has 14 heavy (non-hydrogen) atoms. The maximum Gasteiger partial charge on any atom is 0.321 e.